The largest absolute Gasteiger partial charge is 1.00 e. The molecule has 72 heavy (non-hydrogen) atoms. The predicted octanol–water partition coefficient (Wildman–Crippen LogP) is -6.13. The van der Waals surface area contributed by atoms with Gasteiger partial charge in [-0.05, 0) is 73.2 Å². The summed E-state index contributed by atoms with van der Waals surface area (Å²) in [6, 6.07) is 31.0. The average molecular weight is 988 g/mol. The summed E-state index contributed by atoms with van der Waals surface area (Å²) >= 11 is 0.993. The van der Waals surface area contributed by atoms with Crippen LogP contribution in [0.3, 0.4) is 0 Å². The van der Waals surface area contributed by atoms with Gasteiger partial charge in [0, 0.05) is 64.7 Å². The van der Waals surface area contributed by atoms with E-state index in [2.05, 4.69) is 88.9 Å². The van der Waals surface area contributed by atoms with Crippen LogP contribution in [0.5, 0.6) is 0 Å². The van der Waals surface area contributed by atoms with E-state index >= 15 is 0 Å². The minimum atomic E-state index is -4.75. The van der Waals surface area contributed by atoms with Crippen LogP contribution < -0.4 is 91.4 Å². The summed E-state index contributed by atoms with van der Waals surface area (Å²) in [5.41, 5.74) is 2.74. The molecular weight excluding hydrogens is 964 g/mol. The first-order valence-corrected chi connectivity index (χ1v) is 21.9. The Hall–Kier alpha value is -5.79. The van der Waals surface area contributed by atoms with Crippen molar-refractivity contribution in [1.29, 1.82) is 10.5 Å². The smallest absolute Gasteiger partial charge is 0.744 e. The first-order chi connectivity index (χ1) is 32.2. The SMILES string of the molecule is CC(=O)Nc1ccc(-c2c(N=Nc3c[c-]c[c-]c3)sc(N=Nc3c(Nc4ccc(S(=O)(=O)[O-])cc4)nc(Nc4ccc(S(=O)(=O)[O-])cc4)c(C#N)c3C)c2C#N)cc1.O=C=O.O=C=O.[B]B([B])[B].[Li+].[Li+].[Li+].[Li+]. The van der Waals surface area contributed by atoms with Gasteiger partial charge in [-0.3, -0.25) is 22.0 Å². The second-order valence-corrected chi connectivity index (χ2v) is 16.4. The topological polar surface area (TPSA) is 346 Å². The molecule has 2 heterocycles. The number of carbonyl (C=O) groups excluding carboxylic acids is 5. The number of rotatable bonds is 12. The maximum Gasteiger partial charge on any atom is 1.00 e. The van der Waals surface area contributed by atoms with Crippen molar-refractivity contribution < 1.29 is 125 Å². The van der Waals surface area contributed by atoms with Crippen LogP contribution in [-0.4, -0.2) is 78.7 Å². The van der Waals surface area contributed by atoms with E-state index in [0.29, 0.717) is 22.5 Å². The Balaban J connectivity index is 0. The fourth-order valence-corrected chi connectivity index (χ4v) is 7.11. The molecule has 0 bridgehead atoms. The molecule has 6 radical (unpaired) electrons. The van der Waals surface area contributed by atoms with Crippen molar-refractivity contribution in [3.8, 4) is 23.3 Å². The summed E-state index contributed by atoms with van der Waals surface area (Å²) in [7, 11) is 4.52. The fourth-order valence-electron chi connectivity index (χ4n) is 5.26. The van der Waals surface area contributed by atoms with Crippen molar-refractivity contribution >= 4 is 129 Å². The fraction of sp³-hybridized carbons (Fsp3) is 0.0500. The van der Waals surface area contributed by atoms with E-state index in [9.17, 15) is 41.3 Å². The maximum atomic E-state index is 11.6. The normalized spacial score (nSPS) is 9.92. The molecule has 6 aromatic rings. The van der Waals surface area contributed by atoms with E-state index in [4.69, 9.17) is 19.2 Å². The first-order valence-electron chi connectivity index (χ1n) is 18.2. The van der Waals surface area contributed by atoms with Gasteiger partial charge >= 0.3 is 87.7 Å². The number of benzene rings is 4. The van der Waals surface area contributed by atoms with Crippen molar-refractivity contribution in [3.63, 3.8) is 0 Å². The number of aromatic nitrogens is 1. The Kier molecular flexibility index (Phi) is 31.3. The molecule has 0 saturated heterocycles. The van der Waals surface area contributed by atoms with Crippen LogP contribution in [0.1, 0.15) is 23.6 Å². The third-order valence-electron chi connectivity index (χ3n) is 7.94. The molecule has 3 N–H and O–H groups in total. The number of hydrogen-bond acceptors (Lipinski definition) is 21. The molecule has 0 aliphatic rings. The van der Waals surface area contributed by atoms with Crippen molar-refractivity contribution in [2.45, 2.75) is 23.6 Å². The quantitative estimate of drug-likeness (QED) is 0.0445. The van der Waals surface area contributed by atoms with Gasteiger partial charge in [0.15, 0.2) is 16.6 Å². The van der Waals surface area contributed by atoms with E-state index in [0.717, 1.165) is 35.6 Å². The maximum absolute atomic E-state index is 11.6. The molecule has 32 heteroatoms. The number of anilines is 5. The van der Waals surface area contributed by atoms with E-state index in [1.807, 2.05) is 0 Å². The molecule has 0 aliphatic heterocycles. The third kappa shape index (κ3) is 21.1. The summed E-state index contributed by atoms with van der Waals surface area (Å²) in [5.74, 6) is -0.300. The summed E-state index contributed by atoms with van der Waals surface area (Å²) in [6.07, 6.45) is -0.167. The number of pyridine rings is 1. The molecule has 0 atom stereocenters. The van der Waals surface area contributed by atoms with Gasteiger partial charge in [-0.1, -0.05) is 23.5 Å². The number of nitrogens with zero attached hydrogens (tertiary/aromatic N) is 7. The van der Waals surface area contributed by atoms with Crippen molar-refractivity contribution in [2.24, 2.45) is 20.5 Å². The Labute approximate surface area is 469 Å². The molecule has 0 fully saturated rings. The zero-order valence-corrected chi connectivity index (χ0v) is 41.3. The van der Waals surface area contributed by atoms with Gasteiger partial charge in [-0.25, -0.2) is 21.8 Å². The molecule has 0 aliphatic carbocycles. The van der Waals surface area contributed by atoms with E-state index in [1.165, 1.54) is 31.2 Å². The molecular formula is C40H24B4Li4N10O11S3. The summed E-state index contributed by atoms with van der Waals surface area (Å²) in [4.78, 5) is 47.7. The third-order valence-corrected chi connectivity index (χ3v) is 10.6. The van der Waals surface area contributed by atoms with Gasteiger partial charge in [0.2, 0.25) is 5.91 Å². The van der Waals surface area contributed by atoms with Gasteiger partial charge < -0.3 is 43.3 Å². The molecule has 4 aromatic carbocycles. The average Bonchev–Trinajstić information content (AvgIpc) is 3.63. The molecule has 0 saturated carbocycles. The summed E-state index contributed by atoms with van der Waals surface area (Å²) in [5, 5.41) is 47.3. The van der Waals surface area contributed by atoms with Crippen LogP contribution in [0.25, 0.3) is 11.1 Å². The number of carbonyl (C=O) groups is 1. The van der Waals surface area contributed by atoms with Crippen LogP contribution in [-0.2, 0) is 44.2 Å². The number of nitriles is 2. The Morgan fingerprint density at radius 3 is 1.51 bits per heavy atom. The minimum Gasteiger partial charge on any atom is -0.744 e. The summed E-state index contributed by atoms with van der Waals surface area (Å²) < 4.78 is 69.1. The molecule has 2 aromatic heterocycles. The van der Waals surface area contributed by atoms with Crippen molar-refractivity contribution in [1.82, 2.24) is 4.98 Å². The molecule has 0 unspecified atom stereocenters. The van der Waals surface area contributed by atoms with E-state index < -0.39 is 36.4 Å². The standard InChI is InChI=1S/C38H26N10O7S3.2CO2.B4.4Li/c1-22-31(20-39)35(42-26-12-16-29(17-13-26)57(50,51)52)44-36(43-27-14-18-30(19-15-27)58(53,54)55)34(22)46-47-37-32(21-40)33(24-8-10-25(11-9-24)41-23(2)49)38(56-37)48-45-28-6-4-3-5-7-28;2*2-1-3;1-4(2)3;;;;/h3,6-19H,1-2H3,(H,41,49)(H2,42,43,44)(H,50,51,52)(H,53,54,55);;;;;;;/q-2;;;;4*+1/p-2. The number of hydrogen-bond donors (Lipinski definition) is 3. The second-order valence-electron chi connectivity index (χ2n) is 12.6. The molecule has 21 nitrogen and oxygen atoms in total. The predicted molar refractivity (Wildman–Crippen MR) is 243 cm³/mol. The summed E-state index contributed by atoms with van der Waals surface area (Å²) in [6.45, 7) is 2.93. The number of thiophene rings is 1. The second kappa shape index (κ2) is 33.0. The van der Waals surface area contributed by atoms with Gasteiger partial charge in [0.25, 0.3) is 0 Å². The Bertz CT molecular complexity index is 3200. The zero-order chi connectivity index (χ0) is 50.6. The van der Waals surface area contributed by atoms with Gasteiger partial charge in [-0.15, -0.1) is 15.9 Å². The molecule has 0 spiro atoms. The molecule has 6 rings (SSSR count). The number of azo groups is 2. The zero-order valence-electron chi connectivity index (χ0n) is 38.8. The van der Waals surface area contributed by atoms with Crippen LogP contribution in [0, 0.1) is 41.7 Å². The molecule has 1 amide bonds. The minimum absolute atomic E-state index is 0. The first kappa shape index (κ1) is 68.3. The number of nitrogens with one attached hydrogen (secondary N) is 3. The van der Waals surface area contributed by atoms with Crippen molar-refractivity contribution in [2.75, 3.05) is 16.0 Å². The number of amides is 1. The van der Waals surface area contributed by atoms with Crippen LogP contribution >= 0.6 is 11.3 Å². The van der Waals surface area contributed by atoms with Gasteiger partial charge in [0.1, 0.15) is 48.6 Å². The van der Waals surface area contributed by atoms with Crippen molar-refractivity contribution in [3.05, 3.63) is 120 Å². The van der Waals surface area contributed by atoms with Crippen LogP contribution in [0.4, 0.5) is 50.1 Å². The monoisotopic (exact) mass is 988 g/mol. The van der Waals surface area contributed by atoms with Crippen LogP contribution in [0.2, 0.25) is 0 Å². The van der Waals surface area contributed by atoms with E-state index in [1.54, 1.807) is 49.4 Å². The van der Waals surface area contributed by atoms with Crippen LogP contribution in [0.15, 0.2) is 121 Å². The molecule has 334 valence electrons. The van der Waals surface area contributed by atoms with E-state index in [-0.39, 0.29) is 149 Å². The Morgan fingerprint density at radius 2 is 1.10 bits per heavy atom. The van der Waals surface area contributed by atoms with Gasteiger partial charge in [-0.2, -0.15) is 34.8 Å². The Morgan fingerprint density at radius 1 is 0.681 bits per heavy atom. The van der Waals surface area contributed by atoms with Gasteiger partial charge in [0.05, 0.1) is 15.4 Å².